The molecule has 0 aliphatic heterocycles. The molecule has 0 aromatic rings. The fourth-order valence-corrected chi connectivity index (χ4v) is 0.371. The van der Waals surface area contributed by atoms with Gasteiger partial charge in [-0.3, -0.25) is 4.79 Å². The second-order valence-electron chi connectivity index (χ2n) is 1.80. The highest BCUT2D eigenvalue weighted by atomic mass is 16.4. The molecule has 64 valence electrons. The smallest absolute Gasteiger partial charge is 0.287 e. The topological polar surface area (TPSA) is 124 Å². The first-order valence-corrected chi connectivity index (χ1v) is 2.71. The summed E-state index contributed by atoms with van der Waals surface area (Å²) < 4.78 is 0. The summed E-state index contributed by atoms with van der Waals surface area (Å²) in [5, 5.41) is 34.1. The Morgan fingerprint density at radius 2 is 1.91 bits per heavy atom. The molecule has 0 bridgehead atoms. The zero-order valence-electron chi connectivity index (χ0n) is 5.56. The summed E-state index contributed by atoms with van der Waals surface area (Å²) in [6.45, 7) is -0.802. The van der Waals surface area contributed by atoms with E-state index < -0.39 is 30.1 Å². The molecular formula is C5H9NO5. The van der Waals surface area contributed by atoms with Gasteiger partial charge in [-0.05, 0) is 0 Å². The maximum atomic E-state index is 10.1. The van der Waals surface area contributed by atoms with Gasteiger partial charge in [0.05, 0.1) is 6.61 Å². The fourth-order valence-electron chi connectivity index (χ4n) is 0.371. The van der Waals surface area contributed by atoms with E-state index in [0.29, 0.717) is 0 Å². The van der Waals surface area contributed by atoms with Gasteiger partial charge in [0.15, 0.2) is 5.76 Å². The van der Waals surface area contributed by atoms with E-state index in [1.165, 1.54) is 0 Å². The van der Waals surface area contributed by atoms with Crippen LogP contribution in [0, 0.1) is 0 Å². The number of carbonyl (C=O) groups is 1. The third-order valence-corrected chi connectivity index (χ3v) is 0.965. The molecule has 0 aliphatic rings. The first-order valence-electron chi connectivity index (χ1n) is 2.71. The summed E-state index contributed by atoms with van der Waals surface area (Å²) in [6.07, 6.45) is -1.68. The van der Waals surface area contributed by atoms with Crippen LogP contribution in [0.5, 0.6) is 0 Å². The van der Waals surface area contributed by atoms with Crippen LogP contribution >= 0.6 is 0 Å². The number of hydrogen-bond donors (Lipinski definition) is 5. The van der Waals surface area contributed by atoms with E-state index in [1.54, 1.807) is 0 Å². The van der Waals surface area contributed by atoms with Crippen molar-refractivity contribution in [2.24, 2.45) is 5.73 Å². The number of aliphatic hydroxyl groups is 4. The van der Waals surface area contributed by atoms with Crippen LogP contribution in [0.2, 0.25) is 0 Å². The lowest BCUT2D eigenvalue weighted by Gasteiger charge is -2.06. The summed E-state index contributed by atoms with van der Waals surface area (Å²) in [5.74, 6) is -3.44. The number of nitrogens with two attached hydrogens (primary N) is 1. The van der Waals surface area contributed by atoms with Crippen molar-refractivity contribution >= 4 is 5.91 Å². The van der Waals surface area contributed by atoms with Crippen LogP contribution < -0.4 is 5.73 Å². The second kappa shape index (κ2) is 3.79. The van der Waals surface area contributed by atoms with Gasteiger partial charge < -0.3 is 26.2 Å². The maximum Gasteiger partial charge on any atom is 0.287 e. The second-order valence-corrected chi connectivity index (χ2v) is 1.80. The number of primary amides is 1. The van der Waals surface area contributed by atoms with Gasteiger partial charge in [0.25, 0.3) is 5.91 Å². The summed E-state index contributed by atoms with van der Waals surface area (Å²) in [4.78, 5) is 10.1. The molecule has 1 unspecified atom stereocenters. The quantitative estimate of drug-likeness (QED) is 0.247. The van der Waals surface area contributed by atoms with E-state index in [0.717, 1.165) is 0 Å². The molecule has 0 spiro atoms. The van der Waals surface area contributed by atoms with Gasteiger partial charge in [0.2, 0.25) is 5.76 Å². The van der Waals surface area contributed by atoms with Crippen molar-refractivity contribution in [3.8, 4) is 0 Å². The highest BCUT2D eigenvalue weighted by molar-refractivity contribution is 5.89. The predicted octanol–water partition coefficient (Wildman–Crippen LogP) is -1.85. The molecule has 0 radical (unpaired) electrons. The van der Waals surface area contributed by atoms with Gasteiger partial charge in [-0.25, -0.2) is 0 Å². The molecule has 6 nitrogen and oxygen atoms in total. The Balaban J connectivity index is 4.51. The first-order chi connectivity index (χ1) is 5.00. The molecule has 0 heterocycles. The fraction of sp³-hybridized carbons (Fsp3) is 0.400. The summed E-state index contributed by atoms with van der Waals surface area (Å²) in [7, 11) is 0. The average molecular weight is 163 g/mol. The van der Waals surface area contributed by atoms with Crippen molar-refractivity contribution in [3.05, 3.63) is 11.5 Å². The van der Waals surface area contributed by atoms with Crippen LogP contribution in [0.4, 0.5) is 0 Å². The molecule has 0 rings (SSSR count). The molecule has 0 saturated carbocycles. The van der Waals surface area contributed by atoms with Gasteiger partial charge >= 0.3 is 0 Å². The molecule has 1 amide bonds. The Morgan fingerprint density at radius 1 is 1.45 bits per heavy atom. The zero-order chi connectivity index (χ0) is 9.02. The van der Waals surface area contributed by atoms with Crippen molar-refractivity contribution in [2.45, 2.75) is 6.10 Å². The minimum absolute atomic E-state index is 0.802. The zero-order valence-corrected chi connectivity index (χ0v) is 5.56. The monoisotopic (exact) mass is 163 g/mol. The highest BCUT2D eigenvalue weighted by Crippen LogP contribution is 2.01. The van der Waals surface area contributed by atoms with Gasteiger partial charge in [0.1, 0.15) is 6.10 Å². The van der Waals surface area contributed by atoms with Crippen molar-refractivity contribution in [3.63, 3.8) is 0 Å². The lowest BCUT2D eigenvalue weighted by Crippen LogP contribution is -2.23. The minimum atomic E-state index is -1.68. The van der Waals surface area contributed by atoms with E-state index in [4.69, 9.17) is 20.4 Å². The van der Waals surface area contributed by atoms with Gasteiger partial charge in [-0.15, -0.1) is 0 Å². The van der Waals surface area contributed by atoms with Gasteiger partial charge in [-0.2, -0.15) is 0 Å². The molecule has 0 aromatic heterocycles. The number of amides is 1. The molecule has 6 heteroatoms. The average Bonchev–Trinajstić information content (AvgIpc) is 2.00. The van der Waals surface area contributed by atoms with Crippen molar-refractivity contribution in [2.75, 3.05) is 6.61 Å². The largest absolute Gasteiger partial charge is 0.506 e. The van der Waals surface area contributed by atoms with Crippen molar-refractivity contribution in [1.82, 2.24) is 0 Å². The Kier molecular flexibility index (Phi) is 3.35. The normalized spacial score (nSPS) is 15.5. The molecule has 6 N–H and O–H groups in total. The molecule has 1 atom stereocenters. The Bertz CT molecular complexity index is 187. The van der Waals surface area contributed by atoms with Gasteiger partial charge in [0, 0.05) is 0 Å². The van der Waals surface area contributed by atoms with E-state index in [-0.39, 0.29) is 0 Å². The number of aliphatic hydroxyl groups excluding tert-OH is 4. The molecule has 11 heavy (non-hydrogen) atoms. The van der Waals surface area contributed by atoms with Crippen molar-refractivity contribution < 1.29 is 25.2 Å². The summed E-state index contributed by atoms with van der Waals surface area (Å²) in [6, 6.07) is 0. The van der Waals surface area contributed by atoms with Crippen LogP contribution in [-0.2, 0) is 4.79 Å². The third kappa shape index (κ3) is 2.44. The standard InChI is InChI=1S/C5H9NO5/c6-5(11)4(10)3(9)2(8)1-7/h2,7-10H,1H2,(H2,6,11)/b4-3+. The lowest BCUT2D eigenvalue weighted by molar-refractivity contribution is -0.117. The van der Waals surface area contributed by atoms with E-state index in [2.05, 4.69) is 5.73 Å². The lowest BCUT2D eigenvalue weighted by atomic mass is 10.2. The summed E-state index contributed by atoms with van der Waals surface area (Å²) >= 11 is 0. The molecule has 0 saturated heterocycles. The van der Waals surface area contributed by atoms with Crippen LogP contribution in [-0.4, -0.2) is 39.0 Å². The van der Waals surface area contributed by atoms with Crippen LogP contribution in [0.1, 0.15) is 0 Å². The maximum absolute atomic E-state index is 10.1. The highest BCUT2D eigenvalue weighted by Gasteiger charge is 2.16. The van der Waals surface area contributed by atoms with Crippen molar-refractivity contribution in [1.29, 1.82) is 0 Å². The molecular weight excluding hydrogens is 154 g/mol. The van der Waals surface area contributed by atoms with E-state index in [1.807, 2.05) is 0 Å². The predicted molar refractivity (Wildman–Crippen MR) is 34.6 cm³/mol. The first kappa shape index (κ1) is 9.73. The number of rotatable bonds is 3. The molecule has 0 aromatic carbocycles. The van der Waals surface area contributed by atoms with E-state index in [9.17, 15) is 4.79 Å². The van der Waals surface area contributed by atoms with Crippen LogP contribution in [0.3, 0.4) is 0 Å². The number of hydrogen-bond acceptors (Lipinski definition) is 5. The Hall–Kier alpha value is -1.27. The summed E-state index contributed by atoms with van der Waals surface area (Å²) in [5.41, 5.74) is 4.53. The molecule has 0 aliphatic carbocycles. The van der Waals surface area contributed by atoms with Crippen LogP contribution in [0.25, 0.3) is 0 Å². The molecule has 0 fully saturated rings. The van der Waals surface area contributed by atoms with Gasteiger partial charge in [-0.1, -0.05) is 0 Å². The Morgan fingerprint density at radius 3 is 2.18 bits per heavy atom. The van der Waals surface area contributed by atoms with Crippen LogP contribution in [0.15, 0.2) is 11.5 Å². The Labute approximate surface area is 62.2 Å². The SMILES string of the molecule is NC(=O)/C(O)=C(\O)C(O)CO. The third-order valence-electron chi connectivity index (χ3n) is 0.965. The number of carbonyl (C=O) groups excluding carboxylic acids is 1. The van der Waals surface area contributed by atoms with E-state index >= 15 is 0 Å². The minimum Gasteiger partial charge on any atom is -0.506 e.